The Kier molecular flexibility index (Phi) is 6.39. The Morgan fingerprint density at radius 3 is 2.42 bits per heavy atom. The molecule has 12 heavy (non-hydrogen) atoms. The summed E-state index contributed by atoms with van der Waals surface area (Å²) in [6.45, 7) is 0. The molecule has 0 aliphatic carbocycles. The molecule has 0 N–H and O–H groups in total. The van der Waals surface area contributed by atoms with Crippen LogP contribution in [0.5, 0.6) is 0 Å². The zero-order valence-electron chi connectivity index (χ0n) is 7.21. The van der Waals surface area contributed by atoms with Crippen LogP contribution in [0.2, 0.25) is 0 Å². The predicted octanol–water partition coefficient (Wildman–Crippen LogP) is -2.06. The molecule has 0 saturated heterocycles. The minimum atomic E-state index is 0. The first kappa shape index (κ1) is 11.2. The van der Waals surface area contributed by atoms with Gasteiger partial charge in [0, 0.05) is 6.42 Å². The fraction of sp³-hybridized carbons (Fsp3) is 0.200. The van der Waals surface area contributed by atoms with Crippen molar-refractivity contribution >= 4 is 0 Å². The summed E-state index contributed by atoms with van der Waals surface area (Å²) in [7, 11) is 0. The molecule has 0 radical (unpaired) electrons. The first-order chi connectivity index (χ1) is 5.43. The molecule has 0 aliphatic heterocycles. The minimum absolute atomic E-state index is 0. The van der Waals surface area contributed by atoms with Crippen molar-refractivity contribution in [2.75, 3.05) is 0 Å². The third-order valence-electron chi connectivity index (χ3n) is 1.45. The van der Waals surface area contributed by atoms with Crippen LogP contribution in [0.4, 0.5) is 0 Å². The van der Waals surface area contributed by atoms with Crippen molar-refractivity contribution in [1.29, 1.82) is 0 Å². The average Bonchev–Trinajstić information content (AvgIpc) is 2.07. The first-order valence-corrected chi connectivity index (χ1v) is 3.57. The maximum atomic E-state index is 9.76. The van der Waals surface area contributed by atoms with Gasteiger partial charge in [-0.2, -0.15) is 6.11 Å². The van der Waals surface area contributed by atoms with E-state index in [1.165, 1.54) is 5.56 Å². The zero-order chi connectivity index (χ0) is 7.94. The van der Waals surface area contributed by atoms with Crippen LogP contribution in [0.3, 0.4) is 0 Å². The van der Waals surface area contributed by atoms with Gasteiger partial charge >= 0.3 is 18.9 Å². The number of rotatable bonds is 2. The largest absolute Gasteiger partial charge is 1.00 e. The normalized spacial score (nSPS) is 7.67. The van der Waals surface area contributed by atoms with E-state index in [0.717, 1.165) is 6.42 Å². The molecule has 1 aromatic carbocycles. The summed E-state index contributed by atoms with van der Waals surface area (Å²) in [5, 5.41) is 9.76. The number of aryl methyl sites for hydroxylation is 1. The third-order valence-corrected chi connectivity index (χ3v) is 1.45. The maximum Gasteiger partial charge on any atom is 1.00 e. The van der Waals surface area contributed by atoms with Crippen LogP contribution in [-0.4, -0.2) is 0 Å². The molecule has 1 aromatic rings. The van der Waals surface area contributed by atoms with E-state index >= 15 is 0 Å². The fourth-order valence-corrected chi connectivity index (χ4v) is 0.903. The Morgan fingerprint density at radius 2 is 1.83 bits per heavy atom. The molecule has 1 nitrogen and oxygen atoms in total. The summed E-state index contributed by atoms with van der Waals surface area (Å²) in [4.78, 5) is 0. The smallest absolute Gasteiger partial charge is 0.833 e. The van der Waals surface area contributed by atoms with Crippen LogP contribution in [-0.2, 0) is 6.42 Å². The van der Waals surface area contributed by atoms with Gasteiger partial charge in [-0.3, -0.25) is 0 Å². The number of benzene rings is 1. The molecule has 0 atom stereocenters. The Balaban J connectivity index is 0.00000121. The molecule has 2 heteroatoms. The van der Waals surface area contributed by atoms with E-state index in [1.54, 1.807) is 6.11 Å². The van der Waals surface area contributed by atoms with Gasteiger partial charge in [-0.25, -0.2) is 0 Å². The minimum Gasteiger partial charge on any atom is -0.833 e. The Hall–Kier alpha value is -0.823. The van der Waals surface area contributed by atoms with Crippen LogP contribution < -0.4 is 24.0 Å². The third kappa shape index (κ3) is 4.14. The average molecular weight is 152 g/mol. The molecule has 0 bridgehead atoms. The van der Waals surface area contributed by atoms with Gasteiger partial charge in [0.25, 0.3) is 0 Å². The van der Waals surface area contributed by atoms with E-state index in [1.807, 2.05) is 30.3 Å². The van der Waals surface area contributed by atoms with Crippen LogP contribution in [0.1, 0.15) is 12.0 Å². The van der Waals surface area contributed by atoms with Gasteiger partial charge in [0.2, 0.25) is 0 Å². The van der Waals surface area contributed by atoms with Crippen LogP contribution in [0, 0.1) is 12.0 Å². The molecule has 0 saturated carbocycles. The van der Waals surface area contributed by atoms with Gasteiger partial charge in [-0.15, -0.1) is 5.92 Å². The second kappa shape index (κ2) is 6.86. The van der Waals surface area contributed by atoms with Gasteiger partial charge in [0.05, 0.1) is 0 Å². The predicted molar refractivity (Wildman–Crippen MR) is 42.5 cm³/mol. The summed E-state index contributed by atoms with van der Waals surface area (Å²) in [6.07, 6.45) is 3.17. The van der Waals surface area contributed by atoms with E-state index in [-0.39, 0.29) is 18.9 Å². The van der Waals surface area contributed by atoms with Crippen molar-refractivity contribution in [3.63, 3.8) is 0 Å². The molecule has 0 amide bonds. The fourth-order valence-electron chi connectivity index (χ4n) is 0.903. The summed E-state index contributed by atoms with van der Waals surface area (Å²) in [6, 6.07) is 10.0. The van der Waals surface area contributed by atoms with Crippen molar-refractivity contribution in [1.82, 2.24) is 0 Å². The molecule has 0 spiro atoms. The molecular weight excluding hydrogens is 143 g/mol. The Morgan fingerprint density at radius 1 is 1.17 bits per heavy atom. The van der Waals surface area contributed by atoms with Gasteiger partial charge in [0.1, 0.15) is 0 Å². The van der Waals surface area contributed by atoms with Gasteiger partial charge in [-0.1, -0.05) is 30.3 Å². The number of hydrogen-bond acceptors (Lipinski definition) is 1. The molecule has 0 aromatic heterocycles. The SMILES string of the molecule is [Li+].[O-]C#CCCc1ccccc1. The standard InChI is InChI=1S/C10H10O.Li/c11-9-5-4-8-10-6-2-1-3-7-10;/h1-3,6-7,11H,4,8H2;/q;+1/p-1. The van der Waals surface area contributed by atoms with E-state index in [4.69, 9.17) is 0 Å². The molecule has 56 valence electrons. The maximum absolute atomic E-state index is 9.76. The van der Waals surface area contributed by atoms with Gasteiger partial charge in [0.15, 0.2) is 0 Å². The second-order valence-corrected chi connectivity index (χ2v) is 2.26. The topological polar surface area (TPSA) is 23.1 Å². The van der Waals surface area contributed by atoms with Crippen molar-refractivity contribution in [2.24, 2.45) is 0 Å². The van der Waals surface area contributed by atoms with Crippen LogP contribution >= 0.6 is 0 Å². The molecule has 0 fully saturated rings. The summed E-state index contributed by atoms with van der Waals surface area (Å²) in [5.74, 6) is 2.49. The molecule has 1 rings (SSSR count). The molecule has 0 heterocycles. The monoisotopic (exact) mass is 152 g/mol. The van der Waals surface area contributed by atoms with E-state index < -0.39 is 0 Å². The van der Waals surface area contributed by atoms with Crippen molar-refractivity contribution in [3.05, 3.63) is 35.9 Å². The Bertz CT molecular complexity index is 258. The summed E-state index contributed by atoms with van der Waals surface area (Å²) < 4.78 is 0. The van der Waals surface area contributed by atoms with Crippen LogP contribution in [0.25, 0.3) is 0 Å². The van der Waals surface area contributed by atoms with Gasteiger partial charge < -0.3 is 5.11 Å². The van der Waals surface area contributed by atoms with Gasteiger partial charge in [-0.05, 0) is 12.0 Å². The summed E-state index contributed by atoms with van der Waals surface area (Å²) in [5.41, 5.74) is 1.23. The molecule has 0 aliphatic rings. The first-order valence-electron chi connectivity index (χ1n) is 3.57. The Labute approximate surface area is 85.0 Å². The van der Waals surface area contributed by atoms with Crippen molar-refractivity contribution < 1.29 is 24.0 Å². The van der Waals surface area contributed by atoms with E-state index in [2.05, 4.69) is 5.92 Å². The van der Waals surface area contributed by atoms with E-state index in [0.29, 0.717) is 6.42 Å². The van der Waals surface area contributed by atoms with E-state index in [9.17, 15) is 5.11 Å². The quantitative estimate of drug-likeness (QED) is 0.353. The molecular formula is C10H9LiO. The van der Waals surface area contributed by atoms with Crippen molar-refractivity contribution in [2.45, 2.75) is 12.8 Å². The molecule has 0 unspecified atom stereocenters. The van der Waals surface area contributed by atoms with Crippen molar-refractivity contribution in [3.8, 4) is 12.0 Å². The second-order valence-electron chi connectivity index (χ2n) is 2.26. The summed E-state index contributed by atoms with van der Waals surface area (Å²) >= 11 is 0. The zero-order valence-corrected chi connectivity index (χ0v) is 7.21. The van der Waals surface area contributed by atoms with Crippen LogP contribution in [0.15, 0.2) is 30.3 Å². The number of hydrogen-bond donors (Lipinski definition) is 0.